The largest absolute Gasteiger partial charge is 0.346 e. The van der Waals surface area contributed by atoms with Gasteiger partial charge in [-0.15, -0.1) is 5.10 Å². The summed E-state index contributed by atoms with van der Waals surface area (Å²) >= 11 is 0. The number of piperidine rings is 1. The molecule has 0 radical (unpaired) electrons. The maximum atomic E-state index is 4.60. The fourth-order valence-electron chi connectivity index (χ4n) is 2.79. The fraction of sp³-hybridized carbons (Fsp3) is 0.727. The molecule has 0 saturated carbocycles. The summed E-state index contributed by atoms with van der Waals surface area (Å²) in [6, 6.07) is 0. The molecule has 2 aliphatic heterocycles. The van der Waals surface area contributed by atoms with E-state index < -0.39 is 0 Å². The summed E-state index contributed by atoms with van der Waals surface area (Å²) in [5.74, 6) is 2.07. The maximum absolute atomic E-state index is 4.60. The molecule has 0 N–H and O–H groups in total. The Kier molecular flexibility index (Phi) is 2.28. The third-order valence-corrected chi connectivity index (χ3v) is 3.68. The molecular weight excluding hydrogens is 202 g/mol. The molecule has 0 aromatic carbocycles. The summed E-state index contributed by atoms with van der Waals surface area (Å²) in [6.07, 6.45) is 3.14. The van der Waals surface area contributed by atoms with E-state index in [1.165, 1.54) is 19.5 Å². The van der Waals surface area contributed by atoms with E-state index in [0.29, 0.717) is 5.92 Å². The molecule has 3 atom stereocenters. The van der Waals surface area contributed by atoms with E-state index in [4.69, 9.17) is 0 Å². The molecule has 3 unspecified atom stereocenters. The zero-order chi connectivity index (χ0) is 11.1. The van der Waals surface area contributed by atoms with E-state index in [9.17, 15) is 0 Å². The zero-order valence-electron chi connectivity index (χ0n) is 9.80. The van der Waals surface area contributed by atoms with Crippen molar-refractivity contribution in [3.63, 3.8) is 0 Å². The van der Waals surface area contributed by atoms with Crippen LogP contribution in [0.5, 0.6) is 0 Å². The number of hydrogen-bond donors (Lipinski definition) is 0. The average Bonchev–Trinajstić information content (AvgIpc) is 2.91. The first-order valence-corrected chi connectivity index (χ1v) is 5.83. The van der Waals surface area contributed by atoms with Gasteiger partial charge in [-0.2, -0.15) is 5.10 Å². The van der Waals surface area contributed by atoms with Crippen molar-refractivity contribution in [1.82, 2.24) is 20.1 Å². The van der Waals surface area contributed by atoms with Crippen LogP contribution >= 0.6 is 0 Å². The Hall–Kier alpha value is -1.23. The van der Waals surface area contributed by atoms with Gasteiger partial charge in [-0.05, 0) is 18.9 Å². The van der Waals surface area contributed by atoms with Crippen LogP contribution in [0, 0.1) is 5.92 Å². The van der Waals surface area contributed by atoms with E-state index in [1.54, 1.807) is 0 Å². The second kappa shape index (κ2) is 3.66. The summed E-state index contributed by atoms with van der Waals surface area (Å²) in [5, 5.41) is 8.08. The summed E-state index contributed by atoms with van der Waals surface area (Å²) in [6.45, 7) is 3.66. The third-order valence-electron chi connectivity index (χ3n) is 3.68. The Morgan fingerprint density at radius 1 is 1.38 bits per heavy atom. The van der Waals surface area contributed by atoms with Gasteiger partial charge in [-0.1, -0.05) is 0 Å². The second-order valence-electron chi connectivity index (χ2n) is 4.99. The molecular formula is C11H17N5. The van der Waals surface area contributed by atoms with Gasteiger partial charge >= 0.3 is 0 Å². The van der Waals surface area contributed by atoms with Gasteiger partial charge in [0.2, 0.25) is 5.95 Å². The highest BCUT2D eigenvalue weighted by Crippen LogP contribution is 2.38. The molecule has 86 valence electrons. The first kappa shape index (κ1) is 9.96. The van der Waals surface area contributed by atoms with E-state index >= 15 is 0 Å². The van der Waals surface area contributed by atoms with Crippen LogP contribution in [0.2, 0.25) is 0 Å². The quantitative estimate of drug-likeness (QED) is 0.718. The molecule has 5 heteroatoms. The van der Waals surface area contributed by atoms with E-state index in [2.05, 4.69) is 20.1 Å². The van der Waals surface area contributed by atoms with E-state index in [1.807, 2.05) is 25.2 Å². The van der Waals surface area contributed by atoms with Crippen molar-refractivity contribution in [1.29, 1.82) is 0 Å². The van der Waals surface area contributed by atoms with E-state index in [0.717, 1.165) is 24.1 Å². The lowest BCUT2D eigenvalue weighted by Gasteiger charge is -2.21. The van der Waals surface area contributed by atoms with Crippen molar-refractivity contribution in [2.75, 3.05) is 38.6 Å². The normalized spacial score (nSPS) is 32.0. The van der Waals surface area contributed by atoms with Gasteiger partial charge in [0.15, 0.2) is 0 Å². The molecule has 3 heterocycles. The van der Waals surface area contributed by atoms with Crippen molar-refractivity contribution in [3.05, 3.63) is 11.9 Å². The number of fused-ring (bicyclic) bond motifs is 2. The molecule has 0 spiro atoms. The number of rotatable bonds is 2. The highest BCUT2D eigenvalue weighted by atomic mass is 15.3. The SMILES string of the molecule is CN(C)c1nncc(C2CN3CCC2C3)n1. The number of nitrogens with zero attached hydrogens (tertiary/aromatic N) is 5. The van der Waals surface area contributed by atoms with Crippen molar-refractivity contribution in [2.45, 2.75) is 12.3 Å². The summed E-state index contributed by atoms with van der Waals surface area (Å²) < 4.78 is 0. The average molecular weight is 219 g/mol. The number of hydrogen-bond acceptors (Lipinski definition) is 5. The van der Waals surface area contributed by atoms with Crippen LogP contribution in [0.4, 0.5) is 5.95 Å². The van der Waals surface area contributed by atoms with Crippen LogP contribution in [0.25, 0.3) is 0 Å². The Morgan fingerprint density at radius 3 is 2.88 bits per heavy atom. The van der Waals surface area contributed by atoms with Gasteiger partial charge in [0.1, 0.15) is 0 Å². The van der Waals surface area contributed by atoms with Crippen molar-refractivity contribution in [3.8, 4) is 0 Å². The molecule has 0 aliphatic carbocycles. The molecule has 2 aliphatic rings. The minimum Gasteiger partial charge on any atom is -0.346 e. The van der Waals surface area contributed by atoms with E-state index in [-0.39, 0.29) is 0 Å². The van der Waals surface area contributed by atoms with Gasteiger partial charge in [-0.3, -0.25) is 0 Å². The molecule has 1 aromatic heterocycles. The topological polar surface area (TPSA) is 45.2 Å². The Bertz CT molecular complexity index is 392. The molecule has 2 fully saturated rings. The van der Waals surface area contributed by atoms with Crippen LogP contribution in [-0.4, -0.2) is 53.8 Å². The highest BCUT2D eigenvalue weighted by molar-refractivity contribution is 5.27. The zero-order valence-corrected chi connectivity index (χ0v) is 9.80. The molecule has 2 bridgehead atoms. The van der Waals surface area contributed by atoms with Crippen LogP contribution in [0.15, 0.2) is 6.20 Å². The summed E-state index contributed by atoms with van der Waals surface area (Å²) in [7, 11) is 3.90. The lowest BCUT2D eigenvalue weighted by atomic mass is 9.90. The van der Waals surface area contributed by atoms with Crippen molar-refractivity contribution < 1.29 is 0 Å². The Balaban J connectivity index is 1.86. The van der Waals surface area contributed by atoms with Crippen LogP contribution in [0.3, 0.4) is 0 Å². The molecule has 1 aromatic rings. The monoisotopic (exact) mass is 219 g/mol. The molecule has 2 saturated heterocycles. The van der Waals surface area contributed by atoms with Gasteiger partial charge < -0.3 is 9.80 Å². The molecule has 3 rings (SSSR count). The number of aromatic nitrogens is 3. The smallest absolute Gasteiger partial charge is 0.245 e. The fourth-order valence-corrected chi connectivity index (χ4v) is 2.79. The predicted molar refractivity (Wildman–Crippen MR) is 61.4 cm³/mol. The second-order valence-corrected chi connectivity index (χ2v) is 4.99. The lowest BCUT2D eigenvalue weighted by molar-refractivity contribution is 0.343. The highest BCUT2D eigenvalue weighted by Gasteiger charge is 2.39. The Morgan fingerprint density at radius 2 is 2.25 bits per heavy atom. The first-order chi connectivity index (χ1) is 7.74. The van der Waals surface area contributed by atoms with Gasteiger partial charge in [0.25, 0.3) is 0 Å². The third kappa shape index (κ3) is 1.55. The summed E-state index contributed by atoms with van der Waals surface area (Å²) in [5.41, 5.74) is 1.12. The Labute approximate surface area is 95.5 Å². The first-order valence-electron chi connectivity index (χ1n) is 5.83. The lowest BCUT2D eigenvalue weighted by Crippen LogP contribution is -2.24. The van der Waals surface area contributed by atoms with Crippen LogP contribution in [0.1, 0.15) is 18.0 Å². The molecule has 0 amide bonds. The minimum absolute atomic E-state index is 0.572. The van der Waals surface area contributed by atoms with Gasteiger partial charge in [-0.25, -0.2) is 4.98 Å². The number of anilines is 1. The summed E-state index contributed by atoms with van der Waals surface area (Å²) in [4.78, 5) is 9.03. The van der Waals surface area contributed by atoms with Crippen molar-refractivity contribution in [2.24, 2.45) is 5.92 Å². The maximum Gasteiger partial charge on any atom is 0.245 e. The molecule has 5 nitrogen and oxygen atoms in total. The van der Waals surface area contributed by atoms with Crippen LogP contribution in [-0.2, 0) is 0 Å². The predicted octanol–water partition coefficient (Wildman–Crippen LogP) is 0.357. The van der Waals surface area contributed by atoms with Gasteiger partial charge in [0, 0.05) is 33.1 Å². The van der Waals surface area contributed by atoms with Crippen molar-refractivity contribution >= 4 is 5.95 Å². The van der Waals surface area contributed by atoms with Gasteiger partial charge in [0.05, 0.1) is 11.9 Å². The van der Waals surface area contributed by atoms with Crippen LogP contribution < -0.4 is 4.90 Å². The molecule has 16 heavy (non-hydrogen) atoms. The standard InChI is InChI=1S/C11H17N5/c1-15(2)11-13-10(5-12-14-11)9-7-16-4-3-8(9)6-16/h5,8-9H,3-4,6-7H2,1-2H3. The minimum atomic E-state index is 0.572.